The SMILES string of the molecule is CCCN1CCCC(C(C)NC2CN(C(=O)OC(C)(C)C)C2)C1. The van der Waals surface area contributed by atoms with E-state index >= 15 is 0 Å². The summed E-state index contributed by atoms with van der Waals surface area (Å²) in [4.78, 5) is 16.3. The molecule has 0 bridgehead atoms. The van der Waals surface area contributed by atoms with Crippen LogP contribution in [0.15, 0.2) is 0 Å². The van der Waals surface area contributed by atoms with Crippen LogP contribution in [0.3, 0.4) is 0 Å². The predicted octanol–water partition coefficient (Wildman–Crippen LogP) is 2.71. The topological polar surface area (TPSA) is 44.8 Å². The van der Waals surface area contributed by atoms with Crippen molar-refractivity contribution < 1.29 is 9.53 Å². The van der Waals surface area contributed by atoms with Gasteiger partial charge < -0.3 is 19.9 Å². The van der Waals surface area contributed by atoms with E-state index in [-0.39, 0.29) is 6.09 Å². The molecule has 2 aliphatic rings. The molecule has 5 heteroatoms. The monoisotopic (exact) mass is 325 g/mol. The molecule has 2 aliphatic heterocycles. The first-order chi connectivity index (χ1) is 10.8. The van der Waals surface area contributed by atoms with Gasteiger partial charge in [0.25, 0.3) is 0 Å². The van der Waals surface area contributed by atoms with Crippen LogP contribution in [0, 0.1) is 5.92 Å². The van der Waals surface area contributed by atoms with Gasteiger partial charge in [-0.2, -0.15) is 0 Å². The summed E-state index contributed by atoms with van der Waals surface area (Å²) in [5.74, 6) is 0.728. The Morgan fingerprint density at radius 1 is 1.30 bits per heavy atom. The van der Waals surface area contributed by atoms with Crippen molar-refractivity contribution in [2.75, 3.05) is 32.7 Å². The fourth-order valence-electron chi connectivity index (χ4n) is 3.59. The van der Waals surface area contributed by atoms with E-state index in [1.54, 1.807) is 4.90 Å². The van der Waals surface area contributed by atoms with Gasteiger partial charge in [-0.1, -0.05) is 6.92 Å². The maximum Gasteiger partial charge on any atom is 0.410 e. The highest BCUT2D eigenvalue weighted by Gasteiger charge is 2.35. The van der Waals surface area contributed by atoms with Crippen LogP contribution in [-0.2, 0) is 4.74 Å². The Bertz CT molecular complexity index is 386. The second-order valence-electron chi connectivity index (χ2n) is 8.24. The number of amides is 1. The summed E-state index contributed by atoms with van der Waals surface area (Å²) in [5, 5.41) is 3.72. The summed E-state index contributed by atoms with van der Waals surface area (Å²) >= 11 is 0. The quantitative estimate of drug-likeness (QED) is 0.844. The van der Waals surface area contributed by atoms with Crippen LogP contribution in [0.2, 0.25) is 0 Å². The molecule has 2 unspecified atom stereocenters. The lowest BCUT2D eigenvalue weighted by Crippen LogP contribution is -2.63. The van der Waals surface area contributed by atoms with E-state index in [0.29, 0.717) is 12.1 Å². The van der Waals surface area contributed by atoms with E-state index in [1.165, 1.54) is 38.9 Å². The van der Waals surface area contributed by atoms with Crippen LogP contribution in [0.4, 0.5) is 4.79 Å². The number of hydrogen-bond donors (Lipinski definition) is 1. The van der Waals surface area contributed by atoms with Gasteiger partial charge >= 0.3 is 6.09 Å². The molecule has 2 heterocycles. The molecule has 2 saturated heterocycles. The van der Waals surface area contributed by atoms with E-state index in [0.717, 1.165) is 19.0 Å². The molecule has 1 amide bonds. The fourth-order valence-corrected chi connectivity index (χ4v) is 3.59. The Morgan fingerprint density at radius 3 is 2.61 bits per heavy atom. The van der Waals surface area contributed by atoms with Gasteiger partial charge in [-0.15, -0.1) is 0 Å². The molecular weight excluding hydrogens is 290 g/mol. The molecule has 2 rings (SSSR count). The summed E-state index contributed by atoms with van der Waals surface area (Å²) in [5.41, 5.74) is -0.409. The number of nitrogens with zero attached hydrogens (tertiary/aromatic N) is 2. The van der Waals surface area contributed by atoms with Crippen molar-refractivity contribution >= 4 is 6.09 Å². The average Bonchev–Trinajstić information content (AvgIpc) is 2.40. The number of carbonyl (C=O) groups is 1. The zero-order chi connectivity index (χ0) is 17.0. The number of likely N-dealkylation sites (tertiary alicyclic amines) is 2. The third-order valence-electron chi connectivity index (χ3n) is 4.82. The second-order valence-corrected chi connectivity index (χ2v) is 8.24. The van der Waals surface area contributed by atoms with E-state index in [9.17, 15) is 4.79 Å². The molecule has 0 saturated carbocycles. The highest BCUT2D eigenvalue weighted by molar-refractivity contribution is 5.69. The van der Waals surface area contributed by atoms with Gasteiger partial charge in [0.2, 0.25) is 0 Å². The number of ether oxygens (including phenoxy) is 1. The minimum Gasteiger partial charge on any atom is -0.444 e. The Kier molecular flexibility index (Phi) is 6.32. The first-order valence-corrected chi connectivity index (χ1v) is 9.25. The number of nitrogens with one attached hydrogen (secondary N) is 1. The maximum atomic E-state index is 12.0. The van der Waals surface area contributed by atoms with Crippen LogP contribution in [0.25, 0.3) is 0 Å². The number of piperidine rings is 1. The fraction of sp³-hybridized carbons (Fsp3) is 0.944. The minimum absolute atomic E-state index is 0.185. The third-order valence-corrected chi connectivity index (χ3v) is 4.82. The average molecular weight is 325 g/mol. The maximum absolute atomic E-state index is 12.0. The molecule has 23 heavy (non-hydrogen) atoms. The van der Waals surface area contributed by atoms with Gasteiger partial charge in [-0.25, -0.2) is 4.79 Å². The summed E-state index contributed by atoms with van der Waals surface area (Å²) in [7, 11) is 0. The molecule has 1 N–H and O–H groups in total. The van der Waals surface area contributed by atoms with Gasteiger partial charge in [-0.3, -0.25) is 0 Å². The first-order valence-electron chi connectivity index (χ1n) is 9.25. The second kappa shape index (κ2) is 7.84. The van der Waals surface area contributed by atoms with Gasteiger partial charge in [-0.05, 0) is 66.0 Å². The van der Waals surface area contributed by atoms with Crippen molar-refractivity contribution in [1.29, 1.82) is 0 Å². The highest BCUT2D eigenvalue weighted by atomic mass is 16.6. The summed E-state index contributed by atoms with van der Waals surface area (Å²) in [6.07, 6.45) is 3.68. The summed E-state index contributed by atoms with van der Waals surface area (Å²) < 4.78 is 5.40. The smallest absolute Gasteiger partial charge is 0.410 e. The standard InChI is InChI=1S/C18H35N3O2/c1-6-9-20-10-7-8-15(11-20)14(2)19-16-12-21(13-16)17(22)23-18(3,4)5/h14-16,19H,6-13H2,1-5H3. The van der Waals surface area contributed by atoms with Crippen molar-refractivity contribution in [2.45, 2.75) is 71.6 Å². The normalized spacial score (nSPS) is 25.1. The van der Waals surface area contributed by atoms with Gasteiger partial charge in [0.1, 0.15) is 5.60 Å². The van der Waals surface area contributed by atoms with Crippen LogP contribution in [0.5, 0.6) is 0 Å². The molecule has 2 atom stereocenters. The molecule has 0 spiro atoms. The number of carbonyl (C=O) groups excluding carboxylic acids is 1. The van der Waals surface area contributed by atoms with Crippen molar-refractivity contribution in [2.24, 2.45) is 5.92 Å². The summed E-state index contributed by atoms with van der Waals surface area (Å²) in [6.45, 7) is 15.5. The molecule has 0 aromatic heterocycles. The van der Waals surface area contributed by atoms with Crippen LogP contribution in [-0.4, -0.2) is 66.3 Å². The van der Waals surface area contributed by atoms with E-state index < -0.39 is 5.60 Å². The van der Waals surface area contributed by atoms with Crippen LogP contribution in [0.1, 0.15) is 53.9 Å². The molecule has 0 aromatic rings. The van der Waals surface area contributed by atoms with Gasteiger partial charge in [0.05, 0.1) is 0 Å². The highest BCUT2D eigenvalue weighted by Crippen LogP contribution is 2.22. The lowest BCUT2D eigenvalue weighted by molar-refractivity contribution is 0.00282. The Balaban J connectivity index is 1.69. The van der Waals surface area contributed by atoms with Crippen LogP contribution < -0.4 is 5.32 Å². The Labute approximate surface area is 141 Å². The third kappa shape index (κ3) is 5.64. The number of hydrogen-bond acceptors (Lipinski definition) is 4. The van der Waals surface area contributed by atoms with Gasteiger partial charge in [0, 0.05) is 31.7 Å². The molecule has 134 valence electrons. The molecule has 2 fully saturated rings. The Hall–Kier alpha value is -0.810. The van der Waals surface area contributed by atoms with E-state index in [1.807, 2.05) is 20.8 Å². The molecule has 0 aliphatic carbocycles. The van der Waals surface area contributed by atoms with Crippen molar-refractivity contribution in [3.8, 4) is 0 Å². The Morgan fingerprint density at radius 2 is 2.00 bits per heavy atom. The predicted molar refractivity (Wildman–Crippen MR) is 93.6 cm³/mol. The van der Waals surface area contributed by atoms with Crippen LogP contribution >= 0.6 is 0 Å². The molecule has 5 nitrogen and oxygen atoms in total. The van der Waals surface area contributed by atoms with E-state index in [4.69, 9.17) is 4.74 Å². The zero-order valence-electron chi connectivity index (χ0n) is 15.6. The summed E-state index contributed by atoms with van der Waals surface area (Å²) in [6, 6.07) is 0.930. The largest absolute Gasteiger partial charge is 0.444 e. The number of rotatable bonds is 5. The zero-order valence-corrected chi connectivity index (χ0v) is 15.6. The first kappa shape index (κ1) is 18.5. The van der Waals surface area contributed by atoms with Crippen molar-refractivity contribution in [1.82, 2.24) is 15.1 Å². The lowest BCUT2D eigenvalue weighted by atomic mass is 9.90. The minimum atomic E-state index is -0.409. The molecule has 0 radical (unpaired) electrons. The van der Waals surface area contributed by atoms with Gasteiger partial charge in [0.15, 0.2) is 0 Å². The van der Waals surface area contributed by atoms with Crippen molar-refractivity contribution in [3.05, 3.63) is 0 Å². The molecule has 0 aromatic carbocycles. The van der Waals surface area contributed by atoms with E-state index in [2.05, 4.69) is 24.1 Å². The lowest BCUT2D eigenvalue weighted by Gasteiger charge is -2.43. The molecular formula is C18H35N3O2. The van der Waals surface area contributed by atoms with Crippen molar-refractivity contribution in [3.63, 3.8) is 0 Å².